The standard InChI is InChI=1S/C11H9BrClN3O/c1-16-6-8(14-15-16)5-11(17)9-4-7(13)2-3-10(9)12/h2-4,6H,5H2,1H3. The van der Waals surface area contributed by atoms with Gasteiger partial charge in [0, 0.05) is 28.3 Å². The molecular weight excluding hydrogens is 305 g/mol. The molecule has 0 aliphatic carbocycles. The van der Waals surface area contributed by atoms with Gasteiger partial charge in [0.2, 0.25) is 0 Å². The van der Waals surface area contributed by atoms with Crippen molar-refractivity contribution < 1.29 is 4.79 Å². The molecule has 0 fully saturated rings. The van der Waals surface area contributed by atoms with E-state index in [0.717, 1.165) is 4.47 Å². The minimum absolute atomic E-state index is 0.0418. The fraction of sp³-hybridized carbons (Fsp3) is 0.182. The van der Waals surface area contributed by atoms with E-state index < -0.39 is 0 Å². The molecule has 0 atom stereocenters. The Kier molecular flexibility index (Phi) is 3.59. The number of nitrogens with zero attached hydrogens (tertiary/aromatic N) is 3. The van der Waals surface area contributed by atoms with E-state index in [9.17, 15) is 4.79 Å². The van der Waals surface area contributed by atoms with E-state index in [-0.39, 0.29) is 12.2 Å². The van der Waals surface area contributed by atoms with Crippen molar-refractivity contribution >= 4 is 33.3 Å². The van der Waals surface area contributed by atoms with Gasteiger partial charge in [0.05, 0.1) is 12.1 Å². The number of aryl methyl sites for hydroxylation is 1. The van der Waals surface area contributed by atoms with Gasteiger partial charge in [0.15, 0.2) is 5.78 Å². The minimum Gasteiger partial charge on any atom is -0.294 e. The molecule has 17 heavy (non-hydrogen) atoms. The molecule has 4 nitrogen and oxygen atoms in total. The van der Waals surface area contributed by atoms with Gasteiger partial charge in [-0.3, -0.25) is 9.48 Å². The maximum absolute atomic E-state index is 12.0. The smallest absolute Gasteiger partial charge is 0.170 e. The van der Waals surface area contributed by atoms with Crippen LogP contribution in [0.5, 0.6) is 0 Å². The molecule has 0 saturated heterocycles. The number of Topliss-reactive ketones (excluding diaryl/α,β-unsaturated/α-hetero) is 1. The zero-order valence-electron chi connectivity index (χ0n) is 9.02. The van der Waals surface area contributed by atoms with Crippen molar-refractivity contribution in [2.24, 2.45) is 7.05 Å². The zero-order chi connectivity index (χ0) is 12.4. The van der Waals surface area contributed by atoms with E-state index in [1.54, 1.807) is 36.1 Å². The first kappa shape index (κ1) is 12.3. The van der Waals surface area contributed by atoms with E-state index in [2.05, 4.69) is 26.2 Å². The van der Waals surface area contributed by atoms with Crippen molar-refractivity contribution in [2.75, 3.05) is 0 Å². The van der Waals surface area contributed by atoms with Gasteiger partial charge in [-0.1, -0.05) is 32.7 Å². The molecule has 0 amide bonds. The molecule has 1 aromatic heterocycles. The molecule has 0 aliphatic rings. The van der Waals surface area contributed by atoms with Gasteiger partial charge in [0.1, 0.15) is 0 Å². The Morgan fingerprint density at radius 2 is 2.29 bits per heavy atom. The van der Waals surface area contributed by atoms with Crippen molar-refractivity contribution in [3.63, 3.8) is 0 Å². The van der Waals surface area contributed by atoms with Crippen LogP contribution in [0, 0.1) is 0 Å². The van der Waals surface area contributed by atoms with Crippen LogP contribution in [0.2, 0.25) is 5.02 Å². The van der Waals surface area contributed by atoms with E-state index >= 15 is 0 Å². The monoisotopic (exact) mass is 313 g/mol. The summed E-state index contributed by atoms with van der Waals surface area (Å²) in [5.74, 6) is -0.0418. The van der Waals surface area contributed by atoms with E-state index in [0.29, 0.717) is 16.3 Å². The number of hydrogen-bond acceptors (Lipinski definition) is 3. The molecule has 1 aromatic carbocycles. The summed E-state index contributed by atoms with van der Waals surface area (Å²) in [5.41, 5.74) is 1.20. The van der Waals surface area contributed by atoms with Crippen molar-refractivity contribution in [3.8, 4) is 0 Å². The number of benzene rings is 1. The molecule has 6 heteroatoms. The number of aromatic nitrogens is 3. The predicted molar refractivity (Wildman–Crippen MR) is 68.2 cm³/mol. The molecular formula is C11H9BrClN3O. The second kappa shape index (κ2) is 4.98. The van der Waals surface area contributed by atoms with Gasteiger partial charge in [-0.05, 0) is 18.2 Å². The number of rotatable bonds is 3. The van der Waals surface area contributed by atoms with Crippen LogP contribution in [0.4, 0.5) is 0 Å². The number of hydrogen-bond donors (Lipinski definition) is 0. The van der Waals surface area contributed by atoms with Crippen molar-refractivity contribution in [2.45, 2.75) is 6.42 Å². The van der Waals surface area contributed by atoms with Crippen LogP contribution in [-0.4, -0.2) is 20.8 Å². The highest BCUT2D eigenvalue weighted by Crippen LogP contribution is 2.22. The Morgan fingerprint density at radius 1 is 1.53 bits per heavy atom. The van der Waals surface area contributed by atoms with Gasteiger partial charge >= 0.3 is 0 Å². The second-order valence-corrected chi connectivity index (χ2v) is 4.90. The maximum Gasteiger partial charge on any atom is 0.170 e. The highest BCUT2D eigenvalue weighted by molar-refractivity contribution is 9.10. The molecule has 0 saturated carbocycles. The molecule has 0 bridgehead atoms. The van der Waals surface area contributed by atoms with Gasteiger partial charge in [0.25, 0.3) is 0 Å². The topological polar surface area (TPSA) is 47.8 Å². The summed E-state index contributed by atoms with van der Waals surface area (Å²) in [6.45, 7) is 0. The first-order valence-electron chi connectivity index (χ1n) is 4.89. The lowest BCUT2D eigenvalue weighted by Gasteiger charge is -2.02. The first-order valence-corrected chi connectivity index (χ1v) is 6.07. The fourth-order valence-electron chi connectivity index (χ4n) is 1.45. The summed E-state index contributed by atoms with van der Waals surface area (Å²) >= 11 is 9.19. The van der Waals surface area contributed by atoms with Crippen LogP contribution in [0.3, 0.4) is 0 Å². The average Bonchev–Trinajstić information content (AvgIpc) is 2.67. The Balaban J connectivity index is 2.22. The lowest BCUT2D eigenvalue weighted by molar-refractivity contribution is 0.0991. The molecule has 0 radical (unpaired) electrons. The highest BCUT2D eigenvalue weighted by Gasteiger charge is 2.13. The van der Waals surface area contributed by atoms with Crippen LogP contribution in [0.15, 0.2) is 28.9 Å². The predicted octanol–water partition coefficient (Wildman–Crippen LogP) is 2.66. The third-order valence-corrected chi connectivity index (χ3v) is 3.15. The molecule has 0 unspecified atom stereocenters. The number of carbonyl (C=O) groups is 1. The third-order valence-electron chi connectivity index (χ3n) is 2.22. The summed E-state index contributed by atoms with van der Waals surface area (Å²) in [4.78, 5) is 12.0. The van der Waals surface area contributed by atoms with Crippen LogP contribution in [-0.2, 0) is 13.5 Å². The van der Waals surface area contributed by atoms with Crippen LogP contribution in [0.25, 0.3) is 0 Å². The quantitative estimate of drug-likeness (QED) is 0.818. The lowest BCUT2D eigenvalue weighted by Crippen LogP contribution is -2.05. The van der Waals surface area contributed by atoms with Gasteiger partial charge in [-0.2, -0.15) is 0 Å². The summed E-state index contributed by atoms with van der Waals surface area (Å²) in [6, 6.07) is 5.13. The van der Waals surface area contributed by atoms with Crippen LogP contribution < -0.4 is 0 Å². The van der Waals surface area contributed by atoms with Crippen molar-refractivity contribution in [1.82, 2.24) is 15.0 Å². The maximum atomic E-state index is 12.0. The number of ketones is 1. The summed E-state index contributed by atoms with van der Waals surface area (Å²) < 4.78 is 2.30. The second-order valence-electron chi connectivity index (χ2n) is 3.61. The first-order chi connectivity index (χ1) is 8.06. The van der Waals surface area contributed by atoms with Crippen LogP contribution >= 0.6 is 27.5 Å². The van der Waals surface area contributed by atoms with Crippen LogP contribution in [0.1, 0.15) is 16.1 Å². The molecule has 88 valence electrons. The lowest BCUT2D eigenvalue weighted by atomic mass is 10.1. The van der Waals surface area contributed by atoms with Gasteiger partial charge in [-0.15, -0.1) is 5.10 Å². The largest absolute Gasteiger partial charge is 0.294 e. The normalized spacial score (nSPS) is 10.5. The van der Waals surface area contributed by atoms with E-state index in [1.807, 2.05) is 0 Å². The molecule has 0 aliphatic heterocycles. The summed E-state index contributed by atoms with van der Waals surface area (Å²) in [7, 11) is 1.76. The minimum atomic E-state index is -0.0418. The number of carbonyl (C=O) groups excluding carboxylic acids is 1. The molecule has 0 spiro atoms. The van der Waals surface area contributed by atoms with Gasteiger partial charge < -0.3 is 0 Å². The Hall–Kier alpha value is -1.20. The zero-order valence-corrected chi connectivity index (χ0v) is 11.4. The van der Waals surface area contributed by atoms with Gasteiger partial charge in [-0.25, -0.2) is 0 Å². The Bertz CT molecular complexity index is 568. The Labute approximate surface area is 112 Å². The molecule has 0 N–H and O–H groups in total. The average molecular weight is 315 g/mol. The highest BCUT2D eigenvalue weighted by atomic mass is 79.9. The summed E-state index contributed by atoms with van der Waals surface area (Å²) in [6.07, 6.45) is 1.93. The third kappa shape index (κ3) is 2.92. The van der Waals surface area contributed by atoms with Crippen molar-refractivity contribution in [3.05, 3.63) is 45.1 Å². The number of halogens is 2. The molecule has 1 heterocycles. The van der Waals surface area contributed by atoms with E-state index in [1.165, 1.54) is 0 Å². The Morgan fingerprint density at radius 3 is 2.94 bits per heavy atom. The fourth-order valence-corrected chi connectivity index (χ4v) is 2.09. The SMILES string of the molecule is Cn1cc(CC(=O)c2cc(Cl)ccc2Br)nn1. The molecule has 2 aromatic rings. The summed E-state index contributed by atoms with van der Waals surface area (Å²) in [5, 5.41) is 8.19. The van der Waals surface area contributed by atoms with Crippen molar-refractivity contribution in [1.29, 1.82) is 0 Å². The molecule has 2 rings (SSSR count). The van der Waals surface area contributed by atoms with E-state index in [4.69, 9.17) is 11.6 Å².